The first-order chi connectivity index (χ1) is 57.9. The summed E-state index contributed by atoms with van der Waals surface area (Å²) in [5.74, 6) is -8.45. The highest BCUT2D eigenvalue weighted by Gasteiger charge is 2.28. The summed E-state index contributed by atoms with van der Waals surface area (Å²) >= 11 is 0. The molecule has 690 valence electrons. The zero-order chi connectivity index (χ0) is 88.1. The molecule has 1 aromatic heterocycles. The molecule has 0 aromatic carbocycles. The molecular weight excluding hydrogens is 1560 g/mol. The number of aryl methyl sites for hydroxylation is 1. The molecule has 34 nitrogen and oxygen atoms in total. The molecule has 0 spiro atoms. The molecule has 34 heteroatoms. The normalized spacial score (nSPS) is 12.2. The van der Waals surface area contributed by atoms with Gasteiger partial charge in [0.15, 0.2) is 5.78 Å². The van der Waals surface area contributed by atoms with E-state index in [-0.39, 0.29) is 263 Å². The van der Waals surface area contributed by atoms with E-state index in [4.69, 9.17) is 48.1 Å². The molecule has 0 aliphatic carbocycles. The molecule has 5 amide bonds. The Balaban J connectivity index is 0. The van der Waals surface area contributed by atoms with Crippen LogP contribution in [0.25, 0.3) is 0 Å². The number of nitrogens with one attached hydrogen (secondary N) is 6. The molecule has 0 aliphatic rings. The number of aromatic amines is 1. The van der Waals surface area contributed by atoms with Gasteiger partial charge in [0.05, 0.1) is 78.3 Å². The second kappa shape index (κ2) is 77.2. The van der Waals surface area contributed by atoms with Crippen LogP contribution in [0.2, 0.25) is 0 Å². The average molecular weight is 1710 g/mol. The van der Waals surface area contributed by atoms with E-state index in [9.17, 15) is 82.1 Å². The van der Waals surface area contributed by atoms with Crippen molar-refractivity contribution in [1.29, 1.82) is 0 Å². The number of aliphatic carboxylic acids is 4. The predicted molar refractivity (Wildman–Crippen MR) is 448 cm³/mol. The first-order valence-electron chi connectivity index (χ1n) is 43.9. The van der Waals surface area contributed by atoms with Crippen LogP contribution in [0, 0.1) is 17.8 Å². The van der Waals surface area contributed by atoms with Gasteiger partial charge in [-0.25, -0.2) is 9.78 Å². The molecule has 1 rings (SSSR count). The average Bonchev–Trinajstić information content (AvgIpc) is 1.17. The Labute approximate surface area is 711 Å². The molecule has 4 atom stereocenters. The fraction of sp³-hybridized carbons (Fsp3) is 0.791. The fourth-order valence-corrected chi connectivity index (χ4v) is 12.9. The van der Waals surface area contributed by atoms with Crippen LogP contribution in [-0.2, 0) is 116 Å². The van der Waals surface area contributed by atoms with Crippen molar-refractivity contribution < 1.29 is 133 Å². The monoisotopic (exact) mass is 1710 g/mol. The summed E-state index contributed by atoms with van der Waals surface area (Å²) in [5.41, 5.74) is 0.792. The number of amides is 5. The molecule has 0 bridgehead atoms. The van der Waals surface area contributed by atoms with E-state index in [1.165, 1.54) is 13.3 Å². The summed E-state index contributed by atoms with van der Waals surface area (Å²) in [4.78, 5) is 191. The van der Waals surface area contributed by atoms with Crippen LogP contribution in [0.3, 0.4) is 0 Å². The minimum absolute atomic E-state index is 0. The van der Waals surface area contributed by atoms with Gasteiger partial charge in [-0.15, -0.1) is 0 Å². The Kier molecular flexibility index (Phi) is 70.9. The molecule has 0 radical (unpaired) electrons. The molecule has 1 heterocycles. The molecule has 0 saturated heterocycles. The quantitative estimate of drug-likeness (QED) is 0.0271. The van der Waals surface area contributed by atoms with Crippen molar-refractivity contribution >= 4 is 88.1 Å². The third kappa shape index (κ3) is 70.8. The Bertz CT molecular complexity index is 3010. The van der Waals surface area contributed by atoms with Gasteiger partial charge in [0.2, 0.25) is 29.5 Å². The van der Waals surface area contributed by atoms with Crippen LogP contribution in [0.1, 0.15) is 285 Å². The number of ether oxygens (including phenoxy) is 8. The maximum atomic E-state index is 13.8. The van der Waals surface area contributed by atoms with Gasteiger partial charge in [-0.05, 0) is 90.4 Å². The highest BCUT2D eigenvalue weighted by atomic mass is 16.5. The summed E-state index contributed by atoms with van der Waals surface area (Å²) in [6.45, 7) is 4.04. The number of imidazole rings is 1. The largest absolute Gasteiger partial charge is 0.481 e. The highest BCUT2D eigenvalue weighted by molar-refractivity contribution is 5.91. The summed E-state index contributed by atoms with van der Waals surface area (Å²) in [6.07, 6.45) is 28.0. The Morgan fingerprint density at radius 2 is 0.733 bits per heavy atom. The number of carbonyl (C=O) groups excluding carboxylic acids is 11. The molecule has 10 N–H and O–H groups in total. The number of ketones is 6. The first-order valence-corrected chi connectivity index (χ1v) is 43.9. The van der Waals surface area contributed by atoms with E-state index >= 15 is 0 Å². The van der Waals surface area contributed by atoms with Gasteiger partial charge in [-0.3, -0.25) is 67.1 Å². The topological polar surface area (TPSA) is 500 Å². The van der Waals surface area contributed by atoms with Crippen molar-refractivity contribution in [2.75, 3.05) is 132 Å². The Morgan fingerprint density at radius 3 is 1.19 bits per heavy atom. The van der Waals surface area contributed by atoms with Crippen LogP contribution in [0.15, 0.2) is 12.5 Å². The minimum atomic E-state index is -1.19. The molecular formula is C86H149N7O27. The first kappa shape index (κ1) is 110. The Hall–Kier alpha value is -7.86. The van der Waals surface area contributed by atoms with Crippen LogP contribution in [-0.4, -0.2) is 256 Å². The number of rotatable bonds is 90. The zero-order valence-electron chi connectivity index (χ0n) is 71.6. The summed E-state index contributed by atoms with van der Waals surface area (Å²) < 4.78 is 43.6. The van der Waals surface area contributed by atoms with Crippen molar-refractivity contribution in [2.24, 2.45) is 17.8 Å². The number of Topliss-reactive ketones (excluding diaryl/α,β-unsaturated/α-hetero) is 6. The number of carboxylic acid groups (broad SMARTS) is 4. The van der Waals surface area contributed by atoms with Crippen LogP contribution < -0.4 is 26.6 Å². The van der Waals surface area contributed by atoms with E-state index in [1.54, 1.807) is 6.20 Å². The van der Waals surface area contributed by atoms with E-state index in [0.717, 1.165) is 108 Å². The minimum Gasteiger partial charge on any atom is -0.481 e. The summed E-state index contributed by atoms with van der Waals surface area (Å²) in [5, 5.41) is 50.1. The van der Waals surface area contributed by atoms with Crippen molar-refractivity contribution in [2.45, 2.75) is 289 Å². The van der Waals surface area contributed by atoms with Crippen LogP contribution in [0.5, 0.6) is 0 Å². The standard InChI is InChI=1S/C86H145N7O27.2H2/c1-67(94)68(28-22-24-42-88-80(102)63-118-55-51-114-47-27-32-75(98)62-117-54-52-115-48-44-90-78(100)41-36-70(85(109)110)59-73(96)30-18-14-10-6-2-4-8-12-16-20-34-83(105)106)60-77(99)69(58-74(97)38-37-71-61-87-66-92-71)29-23-25-43-89-81(103)64-120-57-53-116-49-45-91-82(104)65-119-56-50-113-46-26-31-72(95)39-40-76(86(111)112)93-79(101)33-19-15-11-7-3-5-9-13-17-21-35-84(107)108;;/h61,66,68-70,76H,2-60,62-65H2,1H3,(H,87,92)(H,88,102)(H,89,103)(H,90,100)(H,91,104)(H,93,101)(H,105,106)(H,107,108)(H,109,110)(H,111,112);2*1H/t68-,69-,70-,76+;;/m1../s1. The second-order valence-electron chi connectivity index (χ2n) is 30.5. The molecule has 0 unspecified atom stereocenters. The summed E-state index contributed by atoms with van der Waals surface area (Å²) in [6, 6.07) is -1.15. The van der Waals surface area contributed by atoms with Crippen molar-refractivity contribution in [3.05, 3.63) is 18.2 Å². The van der Waals surface area contributed by atoms with Gasteiger partial charge in [-0.2, -0.15) is 0 Å². The fourth-order valence-electron chi connectivity index (χ4n) is 12.9. The predicted octanol–water partition coefficient (Wildman–Crippen LogP) is 9.53. The molecule has 1 aromatic rings. The molecule has 0 aliphatic heterocycles. The van der Waals surface area contributed by atoms with Crippen molar-refractivity contribution in [3.8, 4) is 0 Å². The maximum Gasteiger partial charge on any atom is 0.326 e. The Morgan fingerprint density at radius 1 is 0.333 bits per heavy atom. The second-order valence-corrected chi connectivity index (χ2v) is 30.5. The van der Waals surface area contributed by atoms with Gasteiger partial charge in [0.25, 0.3) is 0 Å². The number of carbonyl (C=O) groups is 15. The number of hydrogen-bond acceptors (Lipinski definition) is 24. The SMILES string of the molecule is CC(=O)[C@H](CCCCNC(=O)COCCOCCCC(=O)COCCOCCNC(=O)CC[C@H](CC(=O)CCCCCCCCCCCCC(=O)O)C(=O)O)CC(=O)[C@H](CCCCNC(=O)COCCOCCNC(=O)COCCOCCCC(=O)CC[C@H](NC(=O)CCCCCCCCCCCCC(=O)O)C(=O)O)CC(=O)CCc1cnc[nH]1.[HH].[HH]. The highest BCUT2D eigenvalue weighted by Crippen LogP contribution is 2.24. The van der Waals surface area contributed by atoms with Crippen molar-refractivity contribution in [1.82, 2.24) is 36.6 Å². The lowest BCUT2D eigenvalue weighted by Gasteiger charge is -2.19. The molecule has 120 heavy (non-hydrogen) atoms. The number of nitrogens with zero attached hydrogens (tertiary/aromatic N) is 1. The lowest BCUT2D eigenvalue weighted by molar-refractivity contribution is -0.144. The van der Waals surface area contributed by atoms with E-state index in [0.29, 0.717) is 110 Å². The van der Waals surface area contributed by atoms with Crippen LogP contribution >= 0.6 is 0 Å². The smallest absolute Gasteiger partial charge is 0.326 e. The van der Waals surface area contributed by atoms with E-state index in [1.807, 2.05) is 0 Å². The van der Waals surface area contributed by atoms with Gasteiger partial charge >= 0.3 is 23.9 Å². The van der Waals surface area contributed by atoms with E-state index in [2.05, 4.69) is 36.6 Å². The third-order valence-corrected chi connectivity index (χ3v) is 19.9. The number of aromatic nitrogens is 2. The maximum absolute atomic E-state index is 13.8. The van der Waals surface area contributed by atoms with Crippen molar-refractivity contribution in [3.63, 3.8) is 0 Å². The lowest BCUT2D eigenvalue weighted by atomic mass is 9.84. The number of hydrogen-bond donors (Lipinski definition) is 10. The third-order valence-electron chi connectivity index (χ3n) is 19.9. The van der Waals surface area contributed by atoms with Gasteiger partial charge in [0.1, 0.15) is 61.4 Å². The molecule has 0 saturated carbocycles. The van der Waals surface area contributed by atoms with Gasteiger partial charge in [-0.1, -0.05) is 116 Å². The van der Waals surface area contributed by atoms with Crippen LogP contribution in [0.4, 0.5) is 0 Å². The number of unbranched alkanes of at least 4 members (excludes halogenated alkanes) is 20. The number of H-pyrrole nitrogens is 1. The molecule has 0 fully saturated rings. The summed E-state index contributed by atoms with van der Waals surface area (Å²) in [7, 11) is 0. The van der Waals surface area contributed by atoms with Gasteiger partial charge < -0.3 is 89.9 Å². The lowest BCUT2D eigenvalue weighted by Crippen LogP contribution is -2.41. The van der Waals surface area contributed by atoms with E-state index < -0.39 is 47.7 Å². The van der Waals surface area contributed by atoms with Gasteiger partial charge in [0, 0.05) is 143 Å². The zero-order valence-corrected chi connectivity index (χ0v) is 71.6. The number of carboxylic acids is 4.